The van der Waals surface area contributed by atoms with Crippen molar-refractivity contribution in [2.24, 2.45) is 0 Å². The summed E-state index contributed by atoms with van der Waals surface area (Å²) < 4.78 is 25.3. The van der Waals surface area contributed by atoms with Crippen molar-refractivity contribution in [3.8, 4) is 0 Å². The number of carbonyl (C=O) groups excluding carboxylic acids is 2. The first-order valence-corrected chi connectivity index (χ1v) is 11.0. The van der Waals surface area contributed by atoms with Gasteiger partial charge in [-0.15, -0.1) is 0 Å². The Hall–Kier alpha value is -2.87. The molecule has 0 atom stereocenters. The fraction of sp³-hybridized carbons (Fsp3) is 0.333. The second kappa shape index (κ2) is 8.65. The molecule has 0 bridgehead atoms. The zero-order valence-electron chi connectivity index (χ0n) is 17.3. The van der Waals surface area contributed by atoms with Crippen LogP contribution >= 0.6 is 0 Å². The number of para-hydroxylation sites is 1. The zero-order valence-corrected chi connectivity index (χ0v) is 18.1. The summed E-state index contributed by atoms with van der Waals surface area (Å²) in [6, 6.07) is 13.9. The number of sulfonamides is 1. The highest BCUT2D eigenvalue weighted by molar-refractivity contribution is 7.92. The van der Waals surface area contributed by atoms with Gasteiger partial charge in [0.1, 0.15) is 6.54 Å². The number of nitrogens with zero attached hydrogens (tertiary/aromatic N) is 1. The number of carbonyl (C=O) groups is 2. The molecule has 7 nitrogen and oxygen atoms in total. The number of hydrogen-bond acceptors (Lipinski definition) is 4. The molecule has 0 aromatic heterocycles. The first kappa shape index (κ1) is 22.4. The Bertz CT molecular complexity index is 993. The van der Waals surface area contributed by atoms with E-state index < -0.39 is 28.4 Å². The number of hydrogen-bond donors (Lipinski definition) is 2. The van der Waals surface area contributed by atoms with Crippen LogP contribution in [-0.2, 0) is 20.2 Å². The zero-order chi connectivity index (χ0) is 21.8. The Kier molecular flexibility index (Phi) is 6.69. The Morgan fingerprint density at radius 2 is 1.55 bits per heavy atom. The molecule has 0 unspecified atom stereocenters. The van der Waals surface area contributed by atoms with E-state index in [0.717, 1.165) is 16.1 Å². The molecule has 8 heteroatoms. The van der Waals surface area contributed by atoms with Crippen molar-refractivity contribution >= 4 is 27.5 Å². The number of aryl methyl sites for hydroxylation is 1. The van der Waals surface area contributed by atoms with E-state index in [2.05, 4.69) is 31.6 Å². The van der Waals surface area contributed by atoms with Gasteiger partial charge in [0.25, 0.3) is 11.8 Å². The lowest BCUT2D eigenvalue weighted by molar-refractivity contribution is -0.120. The molecule has 29 heavy (non-hydrogen) atoms. The van der Waals surface area contributed by atoms with E-state index in [0.29, 0.717) is 16.8 Å². The number of amides is 2. The molecule has 156 valence electrons. The Balaban J connectivity index is 2.04. The summed E-state index contributed by atoms with van der Waals surface area (Å²) in [5, 5.41) is 0. The third kappa shape index (κ3) is 6.05. The maximum Gasteiger partial charge on any atom is 0.269 e. The second-order valence-electron chi connectivity index (χ2n) is 7.89. The first-order chi connectivity index (χ1) is 13.4. The van der Waals surface area contributed by atoms with Crippen molar-refractivity contribution < 1.29 is 18.0 Å². The van der Waals surface area contributed by atoms with E-state index in [9.17, 15) is 18.0 Å². The maximum atomic E-state index is 12.3. The molecule has 0 aliphatic rings. The number of hydrazine groups is 1. The molecule has 0 saturated carbocycles. The number of rotatable bonds is 5. The predicted octanol–water partition coefficient (Wildman–Crippen LogP) is 2.52. The minimum absolute atomic E-state index is 0.0338. The third-order valence-electron chi connectivity index (χ3n) is 4.40. The lowest BCUT2D eigenvalue weighted by Crippen LogP contribution is -2.47. The Labute approximate surface area is 172 Å². The van der Waals surface area contributed by atoms with Crippen LogP contribution in [-0.4, -0.2) is 33.0 Å². The minimum Gasteiger partial charge on any atom is -0.271 e. The number of anilines is 1. The van der Waals surface area contributed by atoms with Crippen LogP contribution in [0.5, 0.6) is 0 Å². The van der Waals surface area contributed by atoms with Crippen molar-refractivity contribution in [3.63, 3.8) is 0 Å². The fourth-order valence-electron chi connectivity index (χ4n) is 2.71. The summed E-state index contributed by atoms with van der Waals surface area (Å²) in [4.78, 5) is 24.5. The van der Waals surface area contributed by atoms with Crippen LogP contribution in [0, 0.1) is 6.92 Å². The summed E-state index contributed by atoms with van der Waals surface area (Å²) in [6.07, 6.45) is 1.03. The highest BCUT2D eigenvalue weighted by Crippen LogP contribution is 2.22. The third-order valence-corrected chi connectivity index (χ3v) is 5.53. The van der Waals surface area contributed by atoms with E-state index in [1.54, 1.807) is 43.3 Å². The molecule has 0 aliphatic heterocycles. The molecule has 2 rings (SSSR count). The van der Waals surface area contributed by atoms with Gasteiger partial charge in [-0.25, -0.2) is 8.42 Å². The summed E-state index contributed by atoms with van der Waals surface area (Å²) in [6.45, 7) is 7.53. The summed E-state index contributed by atoms with van der Waals surface area (Å²) in [7, 11) is -3.69. The monoisotopic (exact) mass is 417 g/mol. The van der Waals surface area contributed by atoms with Crippen molar-refractivity contribution in [1.82, 2.24) is 10.9 Å². The molecular weight excluding hydrogens is 390 g/mol. The molecule has 0 heterocycles. The smallest absolute Gasteiger partial charge is 0.269 e. The summed E-state index contributed by atoms with van der Waals surface area (Å²) >= 11 is 0. The van der Waals surface area contributed by atoms with Gasteiger partial charge in [0, 0.05) is 5.56 Å². The lowest BCUT2D eigenvalue weighted by Gasteiger charge is -2.23. The van der Waals surface area contributed by atoms with E-state index in [-0.39, 0.29) is 5.41 Å². The van der Waals surface area contributed by atoms with Crippen molar-refractivity contribution in [1.29, 1.82) is 0 Å². The topological polar surface area (TPSA) is 95.6 Å². The van der Waals surface area contributed by atoms with Gasteiger partial charge in [0.05, 0.1) is 11.9 Å². The molecule has 0 fully saturated rings. The Morgan fingerprint density at radius 1 is 0.966 bits per heavy atom. The van der Waals surface area contributed by atoms with Gasteiger partial charge >= 0.3 is 0 Å². The van der Waals surface area contributed by atoms with Crippen LogP contribution in [0.25, 0.3) is 0 Å². The molecule has 2 N–H and O–H groups in total. The predicted molar refractivity (Wildman–Crippen MR) is 114 cm³/mol. The maximum absolute atomic E-state index is 12.3. The van der Waals surface area contributed by atoms with Crippen LogP contribution < -0.4 is 15.2 Å². The standard InChI is InChI=1S/C21H27N3O4S/c1-15-8-6-7-9-18(15)24(29(5,27)28)14-19(25)22-23-20(26)16-10-12-17(13-11-16)21(2,3)4/h6-13H,14H2,1-5H3,(H,22,25)(H,23,26). The molecular formula is C21H27N3O4S. The van der Waals surface area contributed by atoms with E-state index in [1.807, 2.05) is 12.1 Å². The van der Waals surface area contributed by atoms with E-state index in [4.69, 9.17) is 0 Å². The van der Waals surface area contributed by atoms with Crippen molar-refractivity contribution in [2.45, 2.75) is 33.1 Å². The van der Waals surface area contributed by atoms with Gasteiger partial charge in [-0.1, -0.05) is 51.1 Å². The van der Waals surface area contributed by atoms with Crippen LogP contribution in [0.3, 0.4) is 0 Å². The minimum atomic E-state index is -3.69. The van der Waals surface area contributed by atoms with Crippen LogP contribution in [0.1, 0.15) is 42.3 Å². The molecule has 2 aromatic rings. The SMILES string of the molecule is Cc1ccccc1N(CC(=O)NNC(=O)c1ccc(C(C)(C)C)cc1)S(C)(=O)=O. The van der Waals surface area contributed by atoms with Gasteiger partial charge in [0.2, 0.25) is 10.0 Å². The van der Waals surface area contributed by atoms with E-state index in [1.165, 1.54) is 0 Å². The van der Waals surface area contributed by atoms with Gasteiger partial charge in [-0.2, -0.15) is 0 Å². The lowest BCUT2D eigenvalue weighted by atomic mass is 9.87. The van der Waals surface area contributed by atoms with Crippen LogP contribution in [0.2, 0.25) is 0 Å². The highest BCUT2D eigenvalue weighted by atomic mass is 32.2. The van der Waals surface area contributed by atoms with Gasteiger partial charge in [-0.05, 0) is 41.7 Å². The molecule has 2 aromatic carbocycles. The average molecular weight is 418 g/mol. The highest BCUT2D eigenvalue weighted by Gasteiger charge is 2.22. The summed E-state index contributed by atoms with van der Waals surface area (Å²) in [5.74, 6) is -1.14. The summed E-state index contributed by atoms with van der Waals surface area (Å²) in [5.41, 5.74) is 7.16. The molecule has 2 amide bonds. The Morgan fingerprint density at radius 3 is 2.07 bits per heavy atom. The first-order valence-electron chi connectivity index (χ1n) is 9.12. The quantitative estimate of drug-likeness (QED) is 0.731. The van der Waals surface area contributed by atoms with Crippen molar-refractivity contribution in [3.05, 3.63) is 65.2 Å². The number of benzene rings is 2. The van der Waals surface area contributed by atoms with Crippen LogP contribution in [0.15, 0.2) is 48.5 Å². The fourth-order valence-corrected chi connectivity index (χ4v) is 3.63. The molecule has 0 radical (unpaired) electrons. The number of nitrogens with one attached hydrogen (secondary N) is 2. The average Bonchev–Trinajstić information content (AvgIpc) is 2.63. The molecule has 0 aliphatic carbocycles. The molecule has 0 saturated heterocycles. The van der Waals surface area contributed by atoms with Gasteiger partial charge < -0.3 is 0 Å². The molecule has 0 spiro atoms. The van der Waals surface area contributed by atoms with Crippen molar-refractivity contribution in [2.75, 3.05) is 17.1 Å². The largest absolute Gasteiger partial charge is 0.271 e. The van der Waals surface area contributed by atoms with Gasteiger partial charge in [-0.3, -0.25) is 24.7 Å². The van der Waals surface area contributed by atoms with E-state index >= 15 is 0 Å². The second-order valence-corrected chi connectivity index (χ2v) is 9.79. The van der Waals surface area contributed by atoms with Crippen LogP contribution in [0.4, 0.5) is 5.69 Å². The normalized spacial score (nSPS) is 11.6. The van der Waals surface area contributed by atoms with Gasteiger partial charge in [0.15, 0.2) is 0 Å².